The summed E-state index contributed by atoms with van der Waals surface area (Å²) in [5, 5.41) is 10.9. The molecule has 0 saturated heterocycles. The van der Waals surface area contributed by atoms with Gasteiger partial charge in [-0.15, -0.1) is 10.2 Å². The zero-order valence-electron chi connectivity index (χ0n) is 11.0. The second-order valence-corrected chi connectivity index (χ2v) is 5.86. The van der Waals surface area contributed by atoms with Gasteiger partial charge in [0.25, 0.3) is 11.1 Å². The first-order valence-electron chi connectivity index (χ1n) is 5.75. The zero-order valence-corrected chi connectivity index (χ0v) is 11.8. The van der Waals surface area contributed by atoms with Crippen molar-refractivity contribution in [3.63, 3.8) is 0 Å². The molecule has 0 aromatic carbocycles. The predicted octanol–water partition coefficient (Wildman–Crippen LogP) is 2.34. The molecule has 1 N–H and O–H groups in total. The minimum Gasteiger partial charge on any atom is -0.459 e. The molecule has 7 heteroatoms. The van der Waals surface area contributed by atoms with Gasteiger partial charge in [-0.2, -0.15) is 0 Å². The summed E-state index contributed by atoms with van der Waals surface area (Å²) in [6, 6.07) is 3.47. The van der Waals surface area contributed by atoms with Gasteiger partial charge in [-0.3, -0.25) is 4.79 Å². The highest BCUT2D eigenvalue weighted by Gasteiger charge is 2.16. The standard InChI is InChI=1S/C12H15N3O3S/c1-12(2,3)13-9(16)7-19-11-15-14-10(18-11)8-5-4-6-17-8/h4-6H,7H2,1-3H3,(H,13,16). The molecule has 0 radical (unpaired) electrons. The quantitative estimate of drug-likeness (QED) is 0.866. The molecule has 6 nitrogen and oxygen atoms in total. The fraction of sp³-hybridized carbons (Fsp3) is 0.417. The number of hydrogen-bond acceptors (Lipinski definition) is 6. The van der Waals surface area contributed by atoms with E-state index in [2.05, 4.69) is 15.5 Å². The van der Waals surface area contributed by atoms with E-state index in [-0.39, 0.29) is 17.2 Å². The third-order valence-electron chi connectivity index (χ3n) is 1.98. The van der Waals surface area contributed by atoms with Crippen LogP contribution in [0.4, 0.5) is 0 Å². The van der Waals surface area contributed by atoms with Gasteiger partial charge in [0.15, 0.2) is 5.76 Å². The Balaban J connectivity index is 1.89. The van der Waals surface area contributed by atoms with Crippen LogP contribution in [0.25, 0.3) is 11.7 Å². The van der Waals surface area contributed by atoms with E-state index in [0.29, 0.717) is 16.9 Å². The topological polar surface area (TPSA) is 81.2 Å². The van der Waals surface area contributed by atoms with Crippen molar-refractivity contribution in [3.8, 4) is 11.7 Å². The lowest BCUT2D eigenvalue weighted by molar-refractivity contribution is -0.119. The summed E-state index contributed by atoms with van der Waals surface area (Å²) in [4.78, 5) is 11.6. The van der Waals surface area contributed by atoms with Crippen LogP contribution in [0.3, 0.4) is 0 Å². The Labute approximate surface area is 115 Å². The van der Waals surface area contributed by atoms with Crippen LogP contribution >= 0.6 is 11.8 Å². The van der Waals surface area contributed by atoms with Crippen molar-refractivity contribution in [2.75, 3.05) is 5.75 Å². The summed E-state index contributed by atoms with van der Waals surface area (Å²) in [7, 11) is 0. The largest absolute Gasteiger partial charge is 0.459 e. The lowest BCUT2D eigenvalue weighted by Crippen LogP contribution is -2.41. The van der Waals surface area contributed by atoms with Gasteiger partial charge in [-0.25, -0.2) is 0 Å². The van der Waals surface area contributed by atoms with E-state index in [1.54, 1.807) is 12.1 Å². The summed E-state index contributed by atoms with van der Waals surface area (Å²) in [6.07, 6.45) is 1.53. The van der Waals surface area contributed by atoms with Gasteiger partial charge in [0.1, 0.15) is 0 Å². The number of nitrogens with one attached hydrogen (secondary N) is 1. The average molecular weight is 281 g/mol. The normalized spacial score (nSPS) is 11.5. The number of thioether (sulfide) groups is 1. The highest BCUT2D eigenvalue weighted by molar-refractivity contribution is 7.99. The monoisotopic (exact) mass is 281 g/mol. The number of carbonyl (C=O) groups is 1. The van der Waals surface area contributed by atoms with Crippen LogP contribution < -0.4 is 5.32 Å². The molecule has 0 aliphatic rings. The molecule has 2 rings (SSSR count). The van der Waals surface area contributed by atoms with Gasteiger partial charge in [0.05, 0.1) is 12.0 Å². The van der Waals surface area contributed by atoms with Crippen molar-refractivity contribution >= 4 is 17.7 Å². The minimum absolute atomic E-state index is 0.0738. The maximum Gasteiger partial charge on any atom is 0.284 e. The van der Waals surface area contributed by atoms with Gasteiger partial charge >= 0.3 is 0 Å². The Morgan fingerprint density at radius 2 is 2.21 bits per heavy atom. The van der Waals surface area contributed by atoms with E-state index in [1.807, 2.05) is 20.8 Å². The van der Waals surface area contributed by atoms with E-state index >= 15 is 0 Å². The first kappa shape index (κ1) is 13.7. The molecule has 1 amide bonds. The number of furan rings is 1. The number of aromatic nitrogens is 2. The van der Waals surface area contributed by atoms with Crippen LogP contribution in [0.1, 0.15) is 20.8 Å². The average Bonchev–Trinajstić information content (AvgIpc) is 2.95. The molecule has 2 heterocycles. The Kier molecular flexibility index (Phi) is 3.94. The Morgan fingerprint density at radius 1 is 1.42 bits per heavy atom. The van der Waals surface area contributed by atoms with Crippen LogP contribution in [0.15, 0.2) is 32.5 Å². The molecule has 0 aliphatic carbocycles. The SMILES string of the molecule is CC(C)(C)NC(=O)CSc1nnc(-c2ccco2)o1. The molecule has 0 fully saturated rings. The van der Waals surface area contributed by atoms with Crippen LogP contribution in [-0.2, 0) is 4.79 Å². The Hall–Kier alpha value is -1.76. The fourth-order valence-electron chi connectivity index (χ4n) is 1.35. The lowest BCUT2D eigenvalue weighted by Gasteiger charge is -2.19. The Bertz CT molecular complexity index is 543. The van der Waals surface area contributed by atoms with Crippen molar-refractivity contribution in [1.29, 1.82) is 0 Å². The molecular formula is C12H15N3O3S. The second-order valence-electron chi connectivity index (χ2n) is 4.94. The number of nitrogens with zero attached hydrogens (tertiary/aromatic N) is 2. The molecule has 0 spiro atoms. The molecule has 102 valence electrons. The molecule has 0 unspecified atom stereocenters. The van der Waals surface area contributed by atoms with Crippen LogP contribution in [0.5, 0.6) is 0 Å². The van der Waals surface area contributed by atoms with Crippen LogP contribution in [-0.4, -0.2) is 27.4 Å². The van der Waals surface area contributed by atoms with Crippen molar-refractivity contribution in [2.45, 2.75) is 31.5 Å². The van der Waals surface area contributed by atoms with Crippen molar-refractivity contribution < 1.29 is 13.6 Å². The highest BCUT2D eigenvalue weighted by atomic mass is 32.2. The van der Waals surface area contributed by atoms with E-state index in [9.17, 15) is 4.79 Å². The first-order valence-corrected chi connectivity index (χ1v) is 6.74. The minimum atomic E-state index is -0.244. The van der Waals surface area contributed by atoms with Gasteiger partial charge in [0, 0.05) is 5.54 Å². The first-order chi connectivity index (χ1) is 8.94. The maximum atomic E-state index is 11.6. The molecule has 0 aliphatic heterocycles. The molecular weight excluding hydrogens is 266 g/mol. The fourth-order valence-corrected chi connectivity index (χ4v) is 1.91. The Morgan fingerprint density at radius 3 is 2.84 bits per heavy atom. The predicted molar refractivity (Wildman–Crippen MR) is 70.6 cm³/mol. The van der Waals surface area contributed by atoms with Crippen molar-refractivity contribution in [1.82, 2.24) is 15.5 Å². The lowest BCUT2D eigenvalue weighted by atomic mass is 10.1. The van der Waals surface area contributed by atoms with Gasteiger partial charge in [0.2, 0.25) is 5.91 Å². The number of hydrogen-bond donors (Lipinski definition) is 1. The van der Waals surface area contributed by atoms with Gasteiger partial charge < -0.3 is 14.2 Å². The second kappa shape index (κ2) is 5.48. The molecule has 0 bridgehead atoms. The summed E-state index contributed by atoms with van der Waals surface area (Å²) < 4.78 is 10.5. The third kappa shape index (κ3) is 4.13. The van der Waals surface area contributed by atoms with Crippen LogP contribution in [0.2, 0.25) is 0 Å². The number of amides is 1. The highest BCUT2D eigenvalue weighted by Crippen LogP contribution is 2.23. The number of rotatable bonds is 4. The summed E-state index contributed by atoms with van der Waals surface area (Å²) in [6.45, 7) is 5.78. The summed E-state index contributed by atoms with van der Waals surface area (Å²) in [5.41, 5.74) is -0.244. The van der Waals surface area contributed by atoms with E-state index < -0.39 is 0 Å². The zero-order chi connectivity index (χ0) is 13.9. The van der Waals surface area contributed by atoms with Crippen LogP contribution in [0, 0.1) is 0 Å². The molecule has 0 saturated carbocycles. The number of carbonyl (C=O) groups excluding carboxylic acids is 1. The summed E-state index contributed by atoms with van der Waals surface area (Å²) in [5.74, 6) is 0.981. The summed E-state index contributed by atoms with van der Waals surface area (Å²) >= 11 is 1.19. The molecule has 2 aromatic heterocycles. The third-order valence-corrected chi connectivity index (χ3v) is 2.80. The van der Waals surface area contributed by atoms with Gasteiger partial charge in [-0.05, 0) is 32.9 Å². The smallest absolute Gasteiger partial charge is 0.284 e. The molecule has 19 heavy (non-hydrogen) atoms. The van der Waals surface area contributed by atoms with Gasteiger partial charge in [-0.1, -0.05) is 11.8 Å². The maximum absolute atomic E-state index is 11.6. The van der Waals surface area contributed by atoms with E-state index in [1.165, 1.54) is 18.0 Å². The van der Waals surface area contributed by atoms with Crippen molar-refractivity contribution in [2.24, 2.45) is 0 Å². The molecule has 2 aromatic rings. The van der Waals surface area contributed by atoms with Crippen molar-refractivity contribution in [3.05, 3.63) is 18.4 Å². The molecule has 0 atom stereocenters. The van der Waals surface area contributed by atoms with E-state index in [0.717, 1.165) is 0 Å². The van der Waals surface area contributed by atoms with E-state index in [4.69, 9.17) is 8.83 Å².